The average molecular weight is 454 g/mol. The molecule has 0 aliphatic heterocycles. The summed E-state index contributed by atoms with van der Waals surface area (Å²) >= 11 is 7.22. The predicted molar refractivity (Wildman–Crippen MR) is 117 cm³/mol. The maximum absolute atomic E-state index is 12.5. The Bertz CT molecular complexity index is 1220. The number of aromatic nitrogens is 1. The van der Waals surface area contributed by atoms with E-state index < -0.39 is 15.9 Å². The first-order valence-corrected chi connectivity index (χ1v) is 11.8. The Labute approximate surface area is 177 Å². The van der Waals surface area contributed by atoms with E-state index in [-0.39, 0.29) is 18.0 Å². The van der Waals surface area contributed by atoms with Gasteiger partial charge in [-0.1, -0.05) is 41.1 Å². The van der Waals surface area contributed by atoms with Crippen LogP contribution < -0.4 is 10.2 Å². The van der Waals surface area contributed by atoms with Crippen molar-refractivity contribution in [3.05, 3.63) is 62.7 Å². The van der Waals surface area contributed by atoms with Crippen LogP contribution in [-0.2, 0) is 27.9 Å². The minimum atomic E-state index is -3.64. The molecule has 7 nitrogen and oxygen atoms in total. The van der Waals surface area contributed by atoms with Gasteiger partial charge in [-0.3, -0.25) is 14.2 Å². The largest absolute Gasteiger partial charge is 0.325 e. The van der Waals surface area contributed by atoms with Crippen molar-refractivity contribution in [2.45, 2.75) is 20.0 Å². The molecule has 0 bridgehead atoms. The monoisotopic (exact) mass is 453 g/mol. The zero-order valence-corrected chi connectivity index (χ0v) is 18.3. The molecule has 0 unspecified atom stereocenters. The predicted octanol–water partition coefficient (Wildman–Crippen LogP) is 3.14. The molecule has 1 N–H and O–H groups in total. The molecule has 3 rings (SSSR count). The molecule has 10 heteroatoms. The van der Waals surface area contributed by atoms with Gasteiger partial charge in [0.15, 0.2) is 0 Å². The fourth-order valence-electron chi connectivity index (χ4n) is 2.91. The summed E-state index contributed by atoms with van der Waals surface area (Å²) in [5.74, 6) is -0.482. The van der Waals surface area contributed by atoms with E-state index >= 15 is 0 Å². The third kappa shape index (κ3) is 5.05. The Morgan fingerprint density at radius 1 is 1.24 bits per heavy atom. The van der Waals surface area contributed by atoms with Crippen molar-refractivity contribution in [2.75, 3.05) is 18.1 Å². The van der Waals surface area contributed by atoms with Crippen molar-refractivity contribution >= 4 is 54.8 Å². The van der Waals surface area contributed by atoms with Crippen LogP contribution in [0.25, 0.3) is 10.2 Å². The number of sulfonamides is 1. The molecule has 3 aromatic rings. The van der Waals surface area contributed by atoms with Crippen LogP contribution in [-0.4, -0.2) is 36.0 Å². The molecule has 0 atom stereocenters. The van der Waals surface area contributed by atoms with Crippen molar-refractivity contribution in [3.8, 4) is 0 Å². The summed E-state index contributed by atoms with van der Waals surface area (Å²) in [5.41, 5.74) is 1.91. The summed E-state index contributed by atoms with van der Waals surface area (Å²) < 4.78 is 27.8. The number of carbonyl (C=O) groups excluding carboxylic acids is 1. The van der Waals surface area contributed by atoms with Crippen LogP contribution in [0.5, 0.6) is 0 Å². The normalized spacial score (nSPS) is 11.9. The number of benzene rings is 2. The zero-order chi connectivity index (χ0) is 21.2. The number of carbonyl (C=O) groups is 1. The molecule has 0 aliphatic carbocycles. The van der Waals surface area contributed by atoms with Gasteiger partial charge in [0.1, 0.15) is 0 Å². The molecule has 0 saturated carbocycles. The van der Waals surface area contributed by atoms with Gasteiger partial charge >= 0.3 is 4.87 Å². The Kier molecular flexibility index (Phi) is 6.42. The Morgan fingerprint density at radius 2 is 1.97 bits per heavy atom. The highest BCUT2D eigenvalue weighted by Crippen LogP contribution is 2.22. The number of anilines is 1. The summed E-state index contributed by atoms with van der Waals surface area (Å²) in [6.45, 7) is 2.10. The van der Waals surface area contributed by atoms with Gasteiger partial charge in [0, 0.05) is 23.8 Å². The molecule has 0 radical (unpaired) electrons. The first kappa shape index (κ1) is 21.5. The van der Waals surface area contributed by atoms with E-state index in [0.717, 1.165) is 32.1 Å². The molecule has 1 aromatic heterocycles. The Morgan fingerprint density at radius 3 is 2.62 bits per heavy atom. The number of halogens is 1. The van der Waals surface area contributed by atoms with Crippen LogP contribution in [0.3, 0.4) is 0 Å². The number of amides is 1. The molecule has 2 aromatic carbocycles. The number of nitrogens with zero attached hydrogens (tertiary/aromatic N) is 2. The number of thiazole rings is 1. The highest BCUT2D eigenvalue weighted by atomic mass is 35.5. The van der Waals surface area contributed by atoms with Crippen LogP contribution in [0.15, 0.2) is 47.3 Å². The van der Waals surface area contributed by atoms with E-state index in [1.165, 1.54) is 0 Å². The lowest BCUT2D eigenvalue weighted by molar-refractivity contribution is -0.116. The molecule has 0 aliphatic rings. The minimum absolute atomic E-state index is 0.00801. The number of rotatable bonds is 7. The standard InChI is InChI=1S/C19H20ClN3O4S2/c1-3-23-16-9-8-14(10-17(16)28-19(23)25)21-18(24)12-22(29(2,26)27)11-13-6-4-5-7-15(13)20/h4-10H,3,11-12H2,1-2H3,(H,21,24). The number of hydrogen-bond donors (Lipinski definition) is 1. The van der Waals surface area contributed by atoms with E-state index in [1.807, 2.05) is 6.92 Å². The second-order valence-corrected chi connectivity index (χ2v) is 9.85. The van der Waals surface area contributed by atoms with E-state index in [4.69, 9.17) is 11.6 Å². The molecular weight excluding hydrogens is 434 g/mol. The number of aryl methyl sites for hydroxylation is 1. The number of nitrogens with one attached hydrogen (secondary N) is 1. The van der Waals surface area contributed by atoms with Crippen molar-refractivity contribution in [1.29, 1.82) is 0 Å². The molecular formula is C19H20ClN3O4S2. The van der Waals surface area contributed by atoms with Crippen molar-refractivity contribution in [2.24, 2.45) is 0 Å². The maximum Gasteiger partial charge on any atom is 0.308 e. The smallest absolute Gasteiger partial charge is 0.308 e. The van der Waals surface area contributed by atoms with Crippen LogP contribution in [0.1, 0.15) is 12.5 Å². The van der Waals surface area contributed by atoms with Crippen LogP contribution in [0.2, 0.25) is 5.02 Å². The van der Waals surface area contributed by atoms with Gasteiger partial charge in [-0.15, -0.1) is 0 Å². The van der Waals surface area contributed by atoms with E-state index in [2.05, 4.69) is 5.32 Å². The second kappa shape index (κ2) is 8.66. The van der Waals surface area contributed by atoms with Gasteiger partial charge in [0.2, 0.25) is 15.9 Å². The molecule has 0 fully saturated rings. The summed E-state index contributed by atoms with van der Waals surface area (Å²) in [5, 5.41) is 3.13. The van der Waals surface area contributed by atoms with Gasteiger partial charge in [0.05, 0.1) is 23.0 Å². The molecule has 0 spiro atoms. The average Bonchev–Trinajstić information content (AvgIpc) is 2.96. The minimum Gasteiger partial charge on any atom is -0.325 e. The fourth-order valence-corrected chi connectivity index (χ4v) is 4.83. The lowest BCUT2D eigenvalue weighted by Gasteiger charge is -2.20. The zero-order valence-electron chi connectivity index (χ0n) is 15.9. The summed E-state index contributed by atoms with van der Waals surface area (Å²) in [4.78, 5) is 24.4. The van der Waals surface area contributed by atoms with Crippen molar-refractivity contribution in [1.82, 2.24) is 8.87 Å². The van der Waals surface area contributed by atoms with Gasteiger partial charge in [-0.25, -0.2) is 8.42 Å². The first-order valence-electron chi connectivity index (χ1n) is 8.81. The molecule has 1 amide bonds. The van der Waals surface area contributed by atoms with Crippen molar-refractivity contribution in [3.63, 3.8) is 0 Å². The first-order chi connectivity index (χ1) is 13.7. The van der Waals surface area contributed by atoms with Gasteiger partial charge in [-0.2, -0.15) is 4.31 Å². The second-order valence-electron chi connectivity index (χ2n) is 6.47. The fraction of sp³-hybridized carbons (Fsp3) is 0.263. The van der Waals surface area contributed by atoms with E-state index in [0.29, 0.717) is 22.8 Å². The molecule has 1 heterocycles. The molecule has 0 saturated heterocycles. The summed E-state index contributed by atoms with van der Waals surface area (Å²) in [7, 11) is -3.64. The van der Waals surface area contributed by atoms with Crippen molar-refractivity contribution < 1.29 is 13.2 Å². The van der Waals surface area contributed by atoms with Gasteiger partial charge < -0.3 is 5.32 Å². The lowest BCUT2D eigenvalue weighted by Crippen LogP contribution is -2.37. The van der Waals surface area contributed by atoms with E-state index in [1.54, 1.807) is 47.0 Å². The van der Waals surface area contributed by atoms with Gasteiger partial charge in [0.25, 0.3) is 0 Å². The Hall–Kier alpha value is -2.20. The van der Waals surface area contributed by atoms with Crippen LogP contribution in [0.4, 0.5) is 5.69 Å². The Balaban J connectivity index is 1.77. The lowest BCUT2D eigenvalue weighted by atomic mass is 10.2. The third-order valence-corrected chi connectivity index (χ3v) is 6.87. The molecule has 154 valence electrons. The highest BCUT2D eigenvalue weighted by Gasteiger charge is 2.21. The maximum atomic E-state index is 12.5. The van der Waals surface area contributed by atoms with Crippen LogP contribution >= 0.6 is 22.9 Å². The van der Waals surface area contributed by atoms with E-state index in [9.17, 15) is 18.0 Å². The molecule has 29 heavy (non-hydrogen) atoms. The summed E-state index contributed by atoms with van der Waals surface area (Å²) in [6.07, 6.45) is 1.05. The SMILES string of the molecule is CCn1c(=O)sc2cc(NC(=O)CN(Cc3ccccc3Cl)S(C)(=O)=O)ccc21. The number of fused-ring (bicyclic) bond motifs is 1. The van der Waals surface area contributed by atoms with Crippen LogP contribution in [0, 0.1) is 0 Å². The topological polar surface area (TPSA) is 88.5 Å². The number of hydrogen-bond acceptors (Lipinski definition) is 5. The third-order valence-electron chi connectivity index (χ3n) is 4.36. The highest BCUT2D eigenvalue weighted by molar-refractivity contribution is 7.88. The quantitative estimate of drug-likeness (QED) is 0.595. The summed E-state index contributed by atoms with van der Waals surface area (Å²) in [6, 6.07) is 12.1. The van der Waals surface area contributed by atoms with Gasteiger partial charge in [-0.05, 0) is 36.8 Å².